The minimum atomic E-state index is -4.45. The van der Waals surface area contributed by atoms with E-state index < -0.39 is 12.8 Å². The Kier molecular flexibility index (Phi) is 18.2. The lowest BCUT2D eigenvalue weighted by molar-refractivity contribution is -0.153. The number of likely N-dealkylation sites (N-methyl/N-ethyl adjacent to an activating group) is 1. The van der Waals surface area contributed by atoms with Gasteiger partial charge in [0.05, 0.1) is 6.61 Å². The van der Waals surface area contributed by atoms with Gasteiger partial charge in [0, 0.05) is 24.4 Å². The molecule has 1 N–H and O–H groups in total. The van der Waals surface area contributed by atoms with Gasteiger partial charge >= 0.3 is 6.18 Å². The first kappa shape index (κ1) is 37.8. The van der Waals surface area contributed by atoms with Crippen molar-refractivity contribution >= 4 is 25.2 Å². The Labute approximate surface area is 232 Å². The van der Waals surface area contributed by atoms with Crippen LogP contribution in [-0.2, 0) is 9.59 Å². The standard InChI is InChI=1S/C27H34F3NO2.C2H6.2CH2O/c1-7-23-24(31(8-2)14-13-26(23,5)6)17-21(19(3)4)22-16-20(10-9-15-32)11-12-25(22)33-18-27(28,29)30;3*1-2/h7,9-12,16-17,32H,1,3,8,13-15,18H2,2,4-6H3;1-2H3;2*1H2/b10-9+,21-17+;;;. The second-order valence-electron chi connectivity index (χ2n) is 8.80. The minimum Gasteiger partial charge on any atom is -0.483 e. The van der Waals surface area contributed by atoms with E-state index in [1.54, 1.807) is 24.3 Å². The van der Waals surface area contributed by atoms with Crippen LogP contribution in [0, 0.1) is 5.41 Å². The van der Waals surface area contributed by atoms with E-state index in [9.17, 15) is 13.2 Å². The molecule has 0 radical (unpaired) electrons. The van der Waals surface area contributed by atoms with E-state index in [0.717, 1.165) is 36.3 Å². The number of rotatable bonds is 9. The number of ether oxygens (including phenoxy) is 1. The van der Waals surface area contributed by atoms with Gasteiger partial charge in [-0.1, -0.05) is 70.7 Å². The molecule has 1 aromatic carbocycles. The van der Waals surface area contributed by atoms with Gasteiger partial charge < -0.3 is 24.3 Å². The second kappa shape index (κ2) is 18.8. The summed E-state index contributed by atoms with van der Waals surface area (Å²) in [6.07, 6.45) is 3.66. The fraction of sp³-hybridized carbons (Fsp3) is 0.419. The molecular formula is C31H44F3NO4. The lowest BCUT2D eigenvalue weighted by atomic mass is 9.76. The van der Waals surface area contributed by atoms with Crippen molar-refractivity contribution in [2.45, 2.75) is 54.1 Å². The van der Waals surface area contributed by atoms with Crippen molar-refractivity contribution in [2.24, 2.45) is 5.41 Å². The summed E-state index contributed by atoms with van der Waals surface area (Å²) >= 11 is 0. The van der Waals surface area contributed by atoms with Gasteiger partial charge in [-0.05, 0) is 60.6 Å². The molecule has 1 aliphatic rings. The molecule has 0 unspecified atom stereocenters. The van der Waals surface area contributed by atoms with Crippen molar-refractivity contribution in [1.82, 2.24) is 4.90 Å². The van der Waals surface area contributed by atoms with E-state index in [4.69, 9.17) is 19.4 Å². The van der Waals surface area contributed by atoms with Crippen LogP contribution >= 0.6 is 0 Å². The third kappa shape index (κ3) is 11.9. The summed E-state index contributed by atoms with van der Waals surface area (Å²) in [5, 5.41) is 9.12. The number of carbonyl (C=O) groups excluding carboxylic acids is 2. The summed E-state index contributed by atoms with van der Waals surface area (Å²) in [4.78, 5) is 18.2. The van der Waals surface area contributed by atoms with Gasteiger partial charge in [0.15, 0.2) is 6.61 Å². The Hall–Kier alpha value is -3.39. The Morgan fingerprint density at radius 2 is 1.77 bits per heavy atom. The number of hydrogen-bond acceptors (Lipinski definition) is 5. The van der Waals surface area contributed by atoms with Gasteiger partial charge in [-0.3, -0.25) is 0 Å². The molecule has 1 aliphatic heterocycles. The first-order valence-corrected chi connectivity index (χ1v) is 12.6. The molecular weight excluding hydrogens is 507 g/mol. The molecule has 1 heterocycles. The van der Waals surface area contributed by atoms with Gasteiger partial charge in [0.2, 0.25) is 0 Å². The first-order chi connectivity index (χ1) is 18.4. The number of hydrogen-bond donors (Lipinski definition) is 1. The van der Waals surface area contributed by atoms with Gasteiger partial charge in [-0.2, -0.15) is 13.2 Å². The topological polar surface area (TPSA) is 66.8 Å². The number of benzene rings is 1. The lowest BCUT2D eigenvalue weighted by Crippen LogP contribution is -2.35. The van der Waals surface area contributed by atoms with Crippen molar-refractivity contribution in [3.63, 3.8) is 0 Å². The van der Waals surface area contributed by atoms with Crippen LogP contribution in [-0.4, -0.2) is 56.1 Å². The molecule has 0 saturated carbocycles. The molecule has 0 aliphatic carbocycles. The summed E-state index contributed by atoms with van der Waals surface area (Å²) in [7, 11) is 0. The van der Waals surface area contributed by atoms with Gasteiger partial charge in [-0.15, -0.1) is 0 Å². The maximum Gasteiger partial charge on any atom is 0.422 e. The quantitative estimate of drug-likeness (QED) is 0.323. The number of nitrogens with zero attached hydrogens (tertiary/aromatic N) is 1. The average molecular weight is 552 g/mol. The summed E-state index contributed by atoms with van der Waals surface area (Å²) in [5.41, 5.74) is 4.63. The maximum absolute atomic E-state index is 12.9. The van der Waals surface area contributed by atoms with E-state index in [0.29, 0.717) is 16.7 Å². The van der Waals surface area contributed by atoms with Crippen LogP contribution in [0.2, 0.25) is 0 Å². The van der Waals surface area contributed by atoms with Gasteiger partial charge in [0.1, 0.15) is 19.3 Å². The third-order valence-corrected chi connectivity index (χ3v) is 5.78. The normalized spacial score (nSPS) is 14.7. The number of halogens is 3. The predicted octanol–water partition coefficient (Wildman–Crippen LogP) is 7.44. The van der Waals surface area contributed by atoms with Crippen LogP contribution in [0.3, 0.4) is 0 Å². The first-order valence-electron chi connectivity index (χ1n) is 12.6. The van der Waals surface area contributed by atoms with Crippen molar-refractivity contribution < 1.29 is 32.6 Å². The lowest BCUT2D eigenvalue weighted by Gasteiger charge is -2.40. The Balaban J connectivity index is 0. The zero-order chi connectivity index (χ0) is 30.8. The largest absolute Gasteiger partial charge is 0.483 e. The van der Waals surface area contributed by atoms with E-state index >= 15 is 0 Å². The van der Waals surface area contributed by atoms with Crippen molar-refractivity contribution in [3.05, 3.63) is 77.6 Å². The number of aliphatic hydroxyl groups excluding tert-OH is 1. The molecule has 0 bridgehead atoms. The van der Waals surface area contributed by atoms with Crippen molar-refractivity contribution in [2.75, 3.05) is 26.3 Å². The Morgan fingerprint density at radius 3 is 2.23 bits per heavy atom. The number of carbonyl (C=O) groups is 2. The number of alkyl halides is 3. The smallest absolute Gasteiger partial charge is 0.422 e. The molecule has 0 amide bonds. The van der Waals surface area contributed by atoms with E-state index in [1.165, 1.54) is 6.07 Å². The zero-order valence-corrected chi connectivity index (χ0v) is 24.2. The summed E-state index contributed by atoms with van der Waals surface area (Å²) in [5.74, 6) is 0.126. The fourth-order valence-electron chi connectivity index (χ4n) is 3.97. The van der Waals surface area contributed by atoms with Crippen molar-refractivity contribution in [3.8, 4) is 5.75 Å². The highest BCUT2D eigenvalue weighted by atomic mass is 19.4. The summed E-state index contributed by atoms with van der Waals surface area (Å²) in [6.45, 7) is 24.5. The minimum absolute atomic E-state index is 0.0826. The average Bonchev–Trinajstić information content (AvgIpc) is 2.92. The predicted molar refractivity (Wildman–Crippen MR) is 155 cm³/mol. The Bertz CT molecular complexity index is 1010. The van der Waals surface area contributed by atoms with E-state index in [2.05, 4.69) is 38.8 Å². The monoisotopic (exact) mass is 551 g/mol. The Morgan fingerprint density at radius 1 is 1.18 bits per heavy atom. The molecule has 2 rings (SSSR count). The summed E-state index contributed by atoms with van der Waals surface area (Å²) in [6, 6.07) is 4.95. The maximum atomic E-state index is 12.9. The summed E-state index contributed by atoms with van der Waals surface area (Å²) < 4.78 is 43.9. The van der Waals surface area contributed by atoms with Crippen molar-refractivity contribution in [1.29, 1.82) is 0 Å². The molecule has 0 atom stereocenters. The molecule has 5 nitrogen and oxygen atoms in total. The van der Waals surface area contributed by atoms with Crippen LogP contribution in [0.5, 0.6) is 5.75 Å². The molecule has 1 aromatic rings. The fourth-order valence-corrected chi connectivity index (χ4v) is 3.97. The molecule has 8 heteroatoms. The van der Waals surface area contributed by atoms with E-state index in [-0.39, 0.29) is 17.8 Å². The highest BCUT2D eigenvalue weighted by Gasteiger charge is 2.32. The molecule has 218 valence electrons. The van der Waals surface area contributed by atoms with E-state index in [1.807, 2.05) is 46.5 Å². The molecule has 39 heavy (non-hydrogen) atoms. The molecule has 0 spiro atoms. The van der Waals surface area contributed by atoms with Crippen LogP contribution in [0.25, 0.3) is 11.6 Å². The molecule has 0 aromatic heterocycles. The van der Waals surface area contributed by atoms with Gasteiger partial charge in [-0.25, -0.2) is 0 Å². The highest BCUT2D eigenvalue weighted by Crippen LogP contribution is 2.41. The van der Waals surface area contributed by atoms with Gasteiger partial charge in [0.25, 0.3) is 0 Å². The van der Waals surface area contributed by atoms with Crippen LogP contribution in [0.1, 0.15) is 59.1 Å². The number of aliphatic hydroxyl groups is 1. The van der Waals surface area contributed by atoms with Crippen LogP contribution in [0.15, 0.2) is 66.4 Å². The molecule has 0 saturated heterocycles. The highest BCUT2D eigenvalue weighted by molar-refractivity contribution is 5.84. The molecule has 0 fully saturated rings. The zero-order valence-electron chi connectivity index (χ0n) is 24.2. The van der Waals surface area contributed by atoms with Crippen LogP contribution < -0.4 is 4.74 Å². The number of allylic oxidation sites excluding steroid dienone is 5. The third-order valence-electron chi connectivity index (χ3n) is 5.78. The second-order valence-corrected chi connectivity index (χ2v) is 8.80. The van der Waals surface area contributed by atoms with Crippen LogP contribution in [0.4, 0.5) is 13.2 Å². The SMILES string of the molecule is C=CC1=C(/C=C(\C(=C)C)c2cc(/C=C/CO)ccc2OCC(F)(F)F)N(CC)CCC1(C)C.C=O.C=O.CC.